The Morgan fingerprint density at radius 1 is 1.46 bits per heavy atom. The summed E-state index contributed by atoms with van der Waals surface area (Å²) in [5.74, 6) is 0.881. The lowest BCUT2D eigenvalue weighted by Gasteiger charge is -2.35. The van der Waals surface area contributed by atoms with Gasteiger partial charge in [-0.25, -0.2) is 9.98 Å². The van der Waals surface area contributed by atoms with Gasteiger partial charge < -0.3 is 15.2 Å². The van der Waals surface area contributed by atoms with Crippen molar-refractivity contribution in [2.75, 3.05) is 13.7 Å². The lowest BCUT2D eigenvalue weighted by atomic mass is 9.77. The molecular weight excluding hydrogens is 304 g/mol. The predicted octanol–water partition coefficient (Wildman–Crippen LogP) is 2.36. The van der Waals surface area contributed by atoms with Crippen molar-refractivity contribution < 1.29 is 9.47 Å². The van der Waals surface area contributed by atoms with E-state index in [0.29, 0.717) is 6.54 Å². The predicted molar refractivity (Wildman–Crippen MR) is 97.0 cm³/mol. The van der Waals surface area contributed by atoms with Crippen LogP contribution in [0, 0.1) is 0 Å². The molecular formula is C18H22N4O2. The molecule has 1 atom stereocenters. The molecule has 6 heteroatoms. The SMILES string of the molecule is C=NC=NC=C(C)c1ccc(OC)c2c1CCC1(CN=C(N)O1)C2. The van der Waals surface area contributed by atoms with Gasteiger partial charge in [0.1, 0.15) is 17.7 Å². The zero-order valence-corrected chi connectivity index (χ0v) is 14.1. The second-order valence-corrected chi connectivity index (χ2v) is 6.15. The summed E-state index contributed by atoms with van der Waals surface area (Å²) in [6, 6.07) is 4.37. The van der Waals surface area contributed by atoms with Crippen LogP contribution >= 0.6 is 0 Å². The number of fused-ring (bicyclic) bond motifs is 1. The van der Waals surface area contributed by atoms with Crippen molar-refractivity contribution in [2.45, 2.75) is 31.8 Å². The van der Waals surface area contributed by atoms with E-state index in [-0.39, 0.29) is 11.6 Å². The first-order valence-electron chi connectivity index (χ1n) is 7.91. The van der Waals surface area contributed by atoms with Crippen molar-refractivity contribution >= 4 is 24.7 Å². The van der Waals surface area contributed by atoms with Gasteiger partial charge in [0.05, 0.1) is 13.7 Å². The maximum absolute atomic E-state index is 5.84. The summed E-state index contributed by atoms with van der Waals surface area (Å²) in [7, 11) is 1.69. The summed E-state index contributed by atoms with van der Waals surface area (Å²) < 4.78 is 11.4. The van der Waals surface area contributed by atoms with Gasteiger partial charge in [0.2, 0.25) is 0 Å². The highest BCUT2D eigenvalue weighted by molar-refractivity contribution is 5.75. The van der Waals surface area contributed by atoms with Crippen molar-refractivity contribution in [3.8, 4) is 5.75 Å². The van der Waals surface area contributed by atoms with E-state index in [1.807, 2.05) is 13.0 Å². The maximum Gasteiger partial charge on any atom is 0.282 e. The number of nitrogens with zero attached hydrogens (tertiary/aromatic N) is 3. The lowest BCUT2D eigenvalue weighted by Crippen LogP contribution is -2.41. The number of ether oxygens (including phenoxy) is 2. The second-order valence-electron chi connectivity index (χ2n) is 6.15. The number of hydrogen-bond donors (Lipinski definition) is 1. The Bertz CT molecular complexity index is 752. The summed E-state index contributed by atoms with van der Waals surface area (Å²) >= 11 is 0. The summed E-state index contributed by atoms with van der Waals surface area (Å²) in [5, 5.41) is 0. The highest BCUT2D eigenvalue weighted by Crippen LogP contribution is 2.41. The molecule has 3 rings (SSSR count). The fourth-order valence-corrected chi connectivity index (χ4v) is 3.47. The molecule has 0 saturated carbocycles. The van der Waals surface area contributed by atoms with Crippen molar-refractivity contribution in [2.24, 2.45) is 20.7 Å². The van der Waals surface area contributed by atoms with Crippen molar-refractivity contribution in [3.05, 3.63) is 35.0 Å². The first-order chi connectivity index (χ1) is 11.6. The molecule has 0 saturated heterocycles. The number of benzene rings is 1. The molecule has 1 aromatic rings. The van der Waals surface area contributed by atoms with E-state index in [2.05, 4.69) is 27.8 Å². The van der Waals surface area contributed by atoms with Gasteiger partial charge in [-0.3, -0.25) is 4.99 Å². The van der Waals surface area contributed by atoms with Crippen LogP contribution in [0.2, 0.25) is 0 Å². The number of hydrogen-bond acceptors (Lipinski definition) is 5. The topological polar surface area (TPSA) is 81.6 Å². The third-order valence-electron chi connectivity index (χ3n) is 4.62. The average molecular weight is 326 g/mol. The van der Waals surface area contributed by atoms with Gasteiger partial charge in [-0.15, -0.1) is 0 Å². The molecule has 1 aliphatic carbocycles. The molecule has 0 amide bonds. The third-order valence-corrected chi connectivity index (χ3v) is 4.62. The Morgan fingerprint density at radius 3 is 2.96 bits per heavy atom. The molecule has 2 aliphatic rings. The van der Waals surface area contributed by atoms with Gasteiger partial charge in [-0.05, 0) is 49.2 Å². The standard InChI is InChI=1S/C18H22N4O2/c1-12(9-21-11-20-2)13-4-5-16(23-3)15-8-18(7-6-14(13)15)10-22-17(19)24-18/h4-5,9,11H,2,6-8,10H2,1,3H3,(H2,19,22). The number of nitrogens with two attached hydrogens (primary N) is 1. The van der Waals surface area contributed by atoms with Crippen LogP contribution in [0.4, 0.5) is 0 Å². The number of methoxy groups -OCH3 is 1. The van der Waals surface area contributed by atoms with Crippen LogP contribution < -0.4 is 10.5 Å². The Labute approximate surface area is 141 Å². The van der Waals surface area contributed by atoms with E-state index in [9.17, 15) is 0 Å². The highest BCUT2D eigenvalue weighted by atomic mass is 16.5. The van der Waals surface area contributed by atoms with E-state index < -0.39 is 0 Å². The monoisotopic (exact) mass is 326 g/mol. The fraction of sp³-hybridized carbons (Fsp3) is 0.389. The van der Waals surface area contributed by atoms with E-state index in [1.165, 1.54) is 23.0 Å². The zero-order chi connectivity index (χ0) is 17.2. The largest absolute Gasteiger partial charge is 0.496 e. The smallest absolute Gasteiger partial charge is 0.282 e. The van der Waals surface area contributed by atoms with Crippen molar-refractivity contribution in [1.29, 1.82) is 0 Å². The van der Waals surface area contributed by atoms with Crippen molar-refractivity contribution in [3.63, 3.8) is 0 Å². The molecule has 24 heavy (non-hydrogen) atoms. The Kier molecular flexibility index (Phi) is 4.38. The molecule has 126 valence electrons. The Morgan fingerprint density at radius 2 is 2.29 bits per heavy atom. The van der Waals surface area contributed by atoms with Gasteiger partial charge >= 0.3 is 0 Å². The van der Waals surface area contributed by atoms with Crippen LogP contribution in [0.1, 0.15) is 30.0 Å². The maximum atomic E-state index is 5.84. The van der Waals surface area contributed by atoms with E-state index in [0.717, 1.165) is 30.6 Å². The van der Waals surface area contributed by atoms with Crippen LogP contribution in [-0.4, -0.2) is 38.3 Å². The molecule has 1 heterocycles. The molecule has 1 unspecified atom stereocenters. The molecule has 6 nitrogen and oxygen atoms in total. The van der Waals surface area contributed by atoms with Gasteiger partial charge in [0.25, 0.3) is 6.02 Å². The molecule has 2 N–H and O–H groups in total. The van der Waals surface area contributed by atoms with Crippen LogP contribution in [0.3, 0.4) is 0 Å². The fourth-order valence-electron chi connectivity index (χ4n) is 3.47. The van der Waals surface area contributed by atoms with Crippen LogP contribution in [0.25, 0.3) is 5.57 Å². The molecule has 0 bridgehead atoms. The zero-order valence-electron chi connectivity index (χ0n) is 14.1. The van der Waals surface area contributed by atoms with E-state index in [1.54, 1.807) is 13.3 Å². The van der Waals surface area contributed by atoms with Crippen LogP contribution in [0.15, 0.2) is 33.3 Å². The van der Waals surface area contributed by atoms with Gasteiger partial charge in [0, 0.05) is 18.2 Å². The average Bonchev–Trinajstić information content (AvgIpc) is 2.94. The molecule has 1 aromatic carbocycles. The lowest BCUT2D eigenvalue weighted by molar-refractivity contribution is 0.0694. The van der Waals surface area contributed by atoms with Gasteiger partial charge in [0.15, 0.2) is 0 Å². The molecule has 0 fully saturated rings. The van der Waals surface area contributed by atoms with Crippen LogP contribution in [0.5, 0.6) is 5.75 Å². The minimum Gasteiger partial charge on any atom is -0.496 e. The molecule has 1 spiro atoms. The van der Waals surface area contributed by atoms with Crippen LogP contribution in [-0.2, 0) is 17.6 Å². The first kappa shape index (κ1) is 16.2. The molecule has 1 aliphatic heterocycles. The Balaban J connectivity index is 1.99. The minimum absolute atomic E-state index is 0.288. The number of allylic oxidation sites excluding steroid dienone is 1. The summed E-state index contributed by atoms with van der Waals surface area (Å²) in [5.41, 5.74) is 10.1. The number of rotatable bonds is 4. The summed E-state index contributed by atoms with van der Waals surface area (Å²) in [4.78, 5) is 12.0. The van der Waals surface area contributed by atoms with Crippen molar-refractivity contribution in [1.82, 2.24) is 0 Å². The summed E-state index contributed by atoms with van der Waals surface area (Å²) in [6.07, 6.45) is 5.75. The second kappa shape index (κ2) is 6.47. The molecule has 0 aromatic heterocycles. The minimum atomic E-state index is -0.328. The first-order valence-corrected chi connectivity index (χ1v) is 7.91. The van der Waals surface area contributed by atoms with Gasteiger partial charge in [-0.1, -0.05) is 6.07 Å². The Hall–Kier alpha value is -2.63. The highest BCUT2D eigenvalue weighted by Gasteiger charge is 2.42. The quantitative estimate of drug-likeness (QED) is 0.681. The summed E-state index contributed by atoms with van der Waals surface area (Å²) in [6.45, 7) is 6.04. The van der Waals surface area contributed by atoms with E-state index >= 15 is 0 Å². The number of aliphatic imine (C=N–C) groups is 3. The normalized spacial score (nSPS) is 23.1. The van der Waals surface area contributed by atoms with E-state index in [4.69, 9.17) is 15.2 Å². The third kappa shape index (κ3) is 2.91. The number of amidine groups is 1. The molecule has 0 radical (unpaired) electrons. The van der Waals surface area contributed by atoms with Gasteiger partial charge in [-0.2, -0.15) is 0 Å².